The number of hydrogen-bond donors (Lipinski definition) is 2. The summed E-state index contributed by atoms with van der Waals surface area (Å²) in [7, 11) is -3.60. The summed E-state index contributed by atoms with van der Waals surface area (Å²) in [5, 5.41) is 4.56. The van der Waals surface area contributed by atoms with Gasteiger partial charge in [0.1, 0.15) is 16.6 Å². The molecule has 0 aliphatic rings. The van der Waals surface area contributed by atoms with Gasteiger partial charge in [0.15, 0.2) is 0 Å². The lowest BCUT2D eigenvalue weighted by molar-refractivity contribution is -0.115. The Morgan fingerprint density at radius 2 is 1.79 bits per heavy atom. The number of sulfonamides is 1. The van der Waals surface area contributed by atoms with Gasteiger partial charge in [-0.3, -0.25) is 14.5 Å². The van der Waals surface area contributed by atoms with E-state index < -0.39 is 10.0 Å². The molecule has 0 spiro atoms. The van der Waals surface area contributed by atoms with Crippen LogP contribution in [0.5, 0.6) is 5.75 Å². The molecule has 0 unspecified atom stereocenters. The van der Waals surface area contributed by atoms with Crippen LogP contribution in [0.25, 0.3) is 0 Å². The highest BCUT2D eigenvalue weighted by Gasteiger charge is 2.15. The molecule has 0 saturated carbocycles. The highest BCUT2D eigenvalue weighted by atomic mass is 32.2. The molecule has 2 heterocycles. The number of thiophene rings is 1. The molecule has 2 aromatic carbocycles. The van der Waals surface area contributed by atoms with Crippen molar-refractivity contribution < 1.29 is 17.9 Å². The van der Waals surface area contributed by atoms with E-state index in [1.165, 1.54) is 0 Å². The maximum absolute atomic E-state index is 12.5. The molecule has 2 N–H and O–H groups in total. The second-order valence-electron chi connectivity index (χ2n) is 7.10. The van der Waals surface area contributed by atoms with Gasteiger partial charge in [-0.05, 0) is 53.4 Å². The van der Waals surface area contributed by atoms with Crippen LogP contribution in [0.2, 0.25) is 0 Å². The first-order valence-electron chi connectivity index (χ1n) is 10.1. The minimum absolute atomic E-state index is 0.150. The van der Waals surface area contributed by atoms with Crippen molar-refractivity contribution in [3.8, 4) is 5.75 Å². The third kappa shape index (κ3) is 6.41. The summed E-state index contributed by atoms with van der Waals surface area (Å²) in [6.45, 7) is 0.334. The molecule has 33 heavy (non-hydrogen) atoms. The number of ether oxygens (including phenoxy) is 1. The highest BCUT2D eigenvalue weighted by Crippen LogP contribution is 2.21. The Labute approximate surface area is 196 Å². The van der Waals surface area contributed by atoms with E-state index in [2.05, 4.69) is 15.0 Å². The number of anilines is 2. The van der Waals surface area contributed by atoms with Gasteiger partial charge in [0.2, 0.25) is 5.91 Å². The van der Waals surface area contributed by atoms with Gasteiger partial charge in [-0.2, -0.15) is 0 Å². The van der Waals surface area contributed by atoms with Crippen molar-refractivity contribution in [1.29, 1.82) is 0 Å². The molecule has 7 nitrogen and oxygen atoms in total. The first-order chi connectivity index (χ1) is 16.0. The SMILES string of the molecule is O=C(Cc1ccc(NS(=O)(=O)c2cccs2)cc1)Nc1cccc(OCc2ccccn2)c1. The van der Waals surface area contributed by atoms with Gasteiger partial charge in [0, 0.05) is 23.6 Å². The van der Waals surface area contributed by atoms with Crippen LogP contribution < -0.4 is 14.8 Å². The van der Waals surface area contributed by atoms with E-state index in [1.54, 1.807) is 66.2 Å². The normalized spacial score (nSPS) is 11.0. The number of benzene rings is 2. The van der Waals surface area contributed by atoms with E-state index in [0.29, 0.717) is 23.7 Å². The molecular formula is C24H21N3O4S2. The topological polar surface area (TPSA) is 97.4 Å². The summed E-state index contributed by atoms with van der Waals surface area (Å²) in [6.07, 6.45) is 1.86. The standard InChI is InChI=1S/C24H21N3O4S2/c28-23(26-20-6-3-7-22(16-20)31-17-21-5-1-2-13-25-21)15-18-9-11-19(12-10-18)27-33(29,30)24-8-4-14-32-24/h1-14,16,27H,15,17H2,(H,26,28). The van der Waals surface area contributed by atoms with Gasteiger partial charge in [0.25, 0.3) is 10.0 Å². The van der Waals surface area contributed by atoms with Crippen LogP contribution in [0.3, 0.4) is 0 Å². The van der Waals surface area contributed by atoms with Crippen molar-refractivity contribution in [3.05, 3.63) is 102 Å². The lowest BCUT2D eigenvalue weighted by Crippen LogP contribution is -2.15. The molecule has 9 heteroatoms. The monoisotopic (exact) mass is 479 g/mol. The first kappa shape index (κ1) is 22.5. The molecule has 2 aromatic heterocycles. The summed E-state index contributed by atoms with van der Waals surface area (Å²) >= 11 is 1.15. The van der Waals surface area contributed by atoms with E-state index in [9.17, 15) is 13.2 Å². The average Bonchev–Trinajstić information content (AvgIpc) is 3.36. The number of carbonyl (C=O) groups is 1. The number of nitrogens with one attached hydrogen (secondary N) is 2. The summed E-state index contributed by atoms with van der Waals surface area (Å²) in [5.41, 5.74) is 2.63. The van der Waals surface area contributed by atoms with Gasteiger partial charge >= 0.3 is 0 Å². The number of nitrogens with zero attached hydrogens (tertiary/aromatic N) is 1. The lowest BCUT2D eigenvalue weighted by Gasteiger charge is -2.10. The lowest BCUT2D eigenvalue weighted by atomic mass is 10.1. The van der Waals surface area contributed by atoms with Crippen LogP contribution in [0.15, 0.2) is 94.6 Å². The van der Waals surface area contributed by atoms with Gasteiger partial charge < -0.3 is 10.1 Å². The van der Waals surface area contributed by atoms with Crippen LogP contribution in [0.4, 0.5) is 11.4 Å². The molecule has 0 aliphatic heterocycles. The molecular weight excluding hydrogens is 458 g/mol. The minimum Gasteiger partial charge on any atom is -0.487 e. The number of carbonyl (C=O) groups excluding carboxylic acids is 1. The molecule has 0 radical (unpaired) electrons. The van der Waals surface area contributed by atoms with E-state index >= 15 is 0 Å². The summed E-state index contributed by atoms with van der Waals surface area (Å²) in [5.74, 6) is 0.435. The third-order valence-electron chi connectivity index (χ3n) is 4.56. The second-order valence-corrected chi connectivity index (χ2v) is 9.95. The van der Waals surface area contributed by atoms with E-state index in [4.69, 9.17) is 4.74 Å². The van der Waals surface area contributed by atoms with E-state index in [1.807, 2.05) is 24.3 Å². The van der Waals surface area contributed by atoms with Crippen LogP contribution in [0.1, 0.15) is 11.3 Å². The zero-order valence-electron chi connectivity index (χ0n) is 17.5. The number of rotatable bonds is 9. The second kappa shape index (κ2) is 10.3. The molecule has 0 bridgehead atoms. The number of hydrogen-bond acceptors (Lipinski definition) is 6. The fourth-order valence-electron chi connectivity index (χ4n) is 3.01. The average molecular weight is 480 g/mol. The molecule has 0 atom stereocenters. The number of aromatic nitrogens is 1. The molecule has 0 aliphatic carbocycles. The van der Waals surface area contributed by atoms with Crippen molar-refractivity contribution >= 4 is 38.6 Å². The Bertz CT molecular complexity index is 1310. The van der Waals surface area contributed by atoms with Gasteiger partial charge in [0.05, 0.1) is 12.1 Å². The quantitative estimate of drug-likeness (QED) is 0.363. The molecule has 4 rings (SSSR count). The van der Waals surface area contributed by atoms with Gasteiger partial charge in [-0.25, -0.2) is 8.42 Å². The molecule has 1 amide bonds. The Kier molecular flexibility index (Phi) is 7.01. The van der Waals surface area contributed by atoms with Crippen molar-refractivity contribution in [2.24, 2.45) is 0 Å². The van der Waals surface area contributed by atoms with Crippen LogP contribution in [-0.4, -0.2) is 19.3 Å². The van der Waals surface area contributed by atoms with Crippen molar-refractivity contribution in [2.45, 2.75) is 17.2 Å². The fraction of sp³-hybridized carbons (Fsp3) is 0.0833. The van der Waals surface area contributed by atoms with Crippen molar-refractivity contribution in [2.75, 3.05) is 10.0 Å². The summed E-state index contributed by atoms with van der Waals surface area (Å²) < 4.78 is 33.1. The molecule has 0 saturated heterocycles. The third-order valence-corrected chi connectivity index (χ3v) is 7.34. The Morgan fingerprint density at radius 1 is 0.939 bits per heavy atom. The highest BCUT2D eigenvalue weighted by molar-refractivity contribution is 7.94. The molecule has 168 valence electrons. The van der Waals surface area contributed by atoms with Crippen molar-refractivity contribution in [3.63, 3.8) is 0 Å². The smallest absolute Gasteiger partial charge is 0.271 e. The largest absolute Gasteiger partial charge is 0.487 e. The van der Waals surface area contributed by atoms with E-state index in [-0.39, 0.29) is 16.5 Å². The van der Waals surface area contributed by atoms with Gasteiger partial charge in [-0.15, -0.1) is 11.3 Å². The maximum Gasteiger partial charge on any atom is 0.271 e. The summed E-state index contributed by atoms with van der Waals surface area (Å²) in [4.78, 5) is 16.7. The maximum atomic E-state index is 12.5. The fourth-order valence-corrected chi connectivity index (χ4v) is 5.06. The Morgan fingerprint density at radius 3 is 2.52 bits per heavy atom. The van der Waals surface area contributed by atoms with E-state index in [0.717, 1.165) is 22.6 Å². The predicted molar refractivity (Wildman–Crippen MR) is 129 cm³/mol. The van der Waals surface area contributed by atoms with Crippen LogP contribution in [0, 0.1) is 0 Å². The van der Waals surface area contributed by atoms with Crippen molar-refractivity contribution in [1.82, 2.24) is 4.98 Å². The van der Waals surface area contributed by atoms with Crippen LogP contribution in [-0.2, 0) is 27.8 Å². The molecule has 4 aromatic rings. The van der Waals surface area contributed by atoms with Gasteiger partial charge in [-0.1, -0.05) is 30.3 Å². The Hall–Kier alpha value is -3.69. The number of amides is 1. The predicted octanol–water partition coefficient (Wildman–Crippen LogP) is 4.70. The summed E-state index contributed by atoms with van der Waals surface area (Å²) in [6, 6.07) is 22.7. The first-order valence-corrected chi connectivity index (χ1v) is 12.4. The number of pyridine rings is 1. The minimum atomic E-state index is -3.60. The zero-order chi connectivity index (χ0) is 23.1. The Balaban J connectivity index is 1.31. The van der Waals surface area contributed by atoms with Crippen LogP contribution >= 0.6 is 11.3 Å². The zero-order valence-corrected chi connectivity index (χ0v) is 19.1. The molecule has 0 fully saturated rings.